The van der Waals surface area contributed by atoms with Crippen LogP contribution >= 0.6 is 23.7 Å². The molecular weight excluding hydrogens is 550 g/mol. The number of fused-ring (bicyclic) bond motifs is 1. The summed E-state index contributed by atoms with van der Waals surface area (Å²) >= 11 is 1.44. The van der Waals surface area contributed by atoms with E-state index in [4.69, 9.17) is 14.2 Å². The first-order chi connectivity index (χ1) is 18.9. The number of carbonyl (C=O) groups excluding carboxylic acids is 3. The SMILES string of the molecule is CC(=O)Oc1ccc(-c2sc3cc(OC(C)=O)ccc3c2C(=O)c2ccc(OCCN3CCCC3)cc2)cc1.Cl. The molecule has 5 rings (SSSR count). The maximum Gasteiger partial charge on any atom is 0.308 e. The standard InChI is InChI=1S/C31H29NO6S.ClH/c1-20(33)37-25-11-7-23(8-12-25)31-29(27-14-13-26(38-21(2)34)19-28(27)39-31)30(35)22-5-9-24(10-6-22)36-18-17-32-15-3-4-16-32;/h5-14,19H,3-4,15-18H2,1-2H3;1H. The van der Waals surface area contributed by atoms with Crippen LogP contribution in [0.15, 0.2) is 66.7 Å². The van der Waals surface area contributed by atoms with Crippen LogP contribution in [0.3, 0.4) is 0 Å². The van der Waals surface area contributed by atoms with Gasteiger partial charge in [-0.05, 0) is 98.2 Å². The third-order valence-corrected chi connectivity index (χ3v) is 7.72. The number of nitrogens with zero attached hydrogens (tertiary/aromatic N) is 1. The Balaban J connectivity index is 0.00000370. The van der Waals surface area contributed by atoms with Gasteiger partial charge in [0, 0.05) is 46.5 Å². The Morgan fingerprint density at radius 2 is 1.40 bits per heavy atom. The third-order valence-electron chi connectivity index (χ3n) is 6.52. The Morgan fingerprint density at radius 3 is 2.05 bits per heavy atom. The molecule has 0 unspecified atom stereocenters. The van der Waals surface area contributed by atoms with Crippen molar-refractivity contribution in [2.75, 3.05) is 26.2 Å². The van der Waals surface area contributed by atoms with Gasteiger partial charge in [0.25, 0.3) is 0 Å². The number of ketones is 1. The molecule has 0 atom stereocenters. The Bertz CT molecular complexity index is 1510. The summed E-state index contributed by atoms with van der Waals surface area (Å²) in [5, 5.41) is 0.769. The fourth-order valence-electron chi connectivity index (χ4n) is 4.72. The lowest BCUT2D eigenvalue weighted by Gasteiger charge is -2.15. The summed E-state index contributed by atoms with van der Waals surface area (Å²) in [6.45, 7) is 6.47. The van der Waals surface area contributed by atoms with Crippen molar-refractivity contribution in [2.24, 2.45) is 0 Å². The van der Waals surface area contributed by atoms with Crippen molar-refractivity contribution >= 4 is 51.6 Å². The number of hydrogen-bond acceptors (Lipinski definition) is 8. The first kappa shape index (κ1) is 29.3. The maximum absolute atomic E-state index is 13.9. The lowest BCUT2D eigenvalue weighted by molar-refractivity contribution is -0.132. The second-order valence-corrected chi connectivity index (χ2v) is 10.5. The summed E-state index contributed by atoms with van der Waals surface area (Å²) in [5.41, 5.74) is 1.92. The molecule has 208 valence electrons. The van der Waals surface area contributed by atoms with E-state index in [0.717, 1.165) is 45.9 Å². The highest BCUT2D eigenvalue weighted by molar-refractivity contribution is 7.22. The molecule has 0 aliphatic carbocycles. The molecule has 0 spiro atoms. The van der Waals surface area contributed by atoms with E-state index in [1.807, 2.05) is 30.3 Å². The fourth-order valence-corrected chi connectivity index (χ4v) is 5.95. The van der Waals surface area contributed by atoms with Crippen LogP contribution in [-0.2, 0) is 9.59 Å². The molecule has 9 heteroatoms. The van der Waals surface area contributed by atoms with Gasteiger partial charge in [0.05, 0.1) is 0 Å². The van der Waals surface area contributed by atoms with E-state index in [2.05, 4.69) is 4.90 Å². The highest BCUT2D eigenvalue weighted by Gasteiger charge is 2.22. The molecular formula is C31H30ClNO6S. The number of thiophene rings is 1. The topological polar surface area (TPSA) is 82.1 Å². The molecule has 0 bridgehead atoms. The minimum absolute atomic E-state index is 0. The summed E-state index contributed by atoms with van der Waals surface area (Å²) in [6.07, 6.45) is 2.49. The molecule has 0 N–H and O–H groups in total. The number of halogens is 1. The van der Waals surface area contributed by atoms with Gasteiger partial charge in [-0.1, -0.05) is 0 Å². The molecule has 3 aromatic carbocycles. The molecule has 4 aromatic rings. The summed E-state index contributed by atoms with van der Waals surface area (Å²) in [4.78, 5) is 39.9. The van der Waals surface area contributed by atoms with Crippen molar-refractivity contribution in [2.45, 2.75) is 26.7 Å². The number of rotatable bonds is 9. The first-order valence-electron chi connectivity index (χ1n) is 12.9. The minimum atomic E-state index is -0.411. The Hall–Kier alpha value is -3.72. The van der Waals surface area contributed by atoms with Crippen LogP contribution in [0.25, 0.3) is 20.5 Å². The smallest absolute Gasteiger partial charge is 0.308 e. The number of ether oxygens (including phenoxy) is 3. The van der Waals surface area contributed by atoms with Gasteiger partial charge in [0.15, 0.2) is 5.78 Å². The van der Waals surface area contributed by atoms with Gasteiger partial charge in [0.2, 0.25) is 0 Å². The number of carbonyl (C=O) groups is 3. The van der Waals surface area contributed by atoms with Crippen molar-refractivity contribution in [3.8, 4) is 27.7 Å². The average Bonchev–Trinajstić information content (AvgIpc) is 3.56. The zero-order valence-electron chi connectivity index (χ0n) is 22.3. The molecule has 0 saturated carbocycles. The average molecular weight is 580 g/mol. The van der Waals surface area contributed by atoms with Gasteiger partial charge in [0.1, 0.15) is 23.9 Å². The molecule has 0 amide bonds. The second kappa shape index (κ2) is 13.1. The zero-order valence-corrected chi connectivity index (χ0v) is 23.9. The number of likely N-dealkylation sites (tertiary alicyclic amines) is 1. The first-order valence-corrected chi connectivity index (χ1v) is 13.7. The number of hydrogen-bond donors (Lipinski definition) is 0. The molecule has 1 aliphatic rings. The van der Waals surface area contributed by atoms with Gasteiger partial charge >= 0.3 is 11.9 Å². The highest BCUT2D eigenvalue weighted by atomic mass is 35.5. The van der Waals surface area contributed by atoms with Crippen molar-refractivity contribution in [3.63, 3.8) is 0 Å². The summed E-state index contributed by atoms with van der Waals surface area (Å²) < 4.78 is 17.2. The predicted molar refractivity (Wildman–Crippen MR) is 158 cm³/mol. The number of esters is 2. The van der Waals surface area contributed by atoms with Gasteiger partial charge in [-0.3, -0.25) is 19.3 Å². The van der Waals surface area contributed by atoms with Crippen LogP contribution in [0.1, 0.15) is 42.6 Å². The van der Waals surface area contributed by atoms with E-state index in [-0.39, 0.29) is 18.2 Å². The van der Waals surface area contributed by atoms with Crippen LogP contribution in [-0.4, -0.2) is 48.9 Å². The van der Waals surface area contributed by atoms with Crippen LogP contribution in [0.4, 0.5) is 0 Å². The Kier molecular flexibility index (Phi) is 9.58. The lowest BCUT2D eigenvalue weighted by Crippen LogP contribution is -2.25. The lowest BCUT2D eigenvalue weighted by atomic mass is 9.97. The Labute approximate surface area is 243 Å². The third kappa shape index (κ3) is 6.88. The number of benzene rings is 3. The largest absolute Gasteiger partial charge is 0.492 e. The molecule has 7 nitrogen and oxygen atoms in total. The van der Waals surface area contributed by atoms with Crippen molar-refractivity contribution in [1.82, 2.24) is 4.90 Å². The zero-order chi connectivity index (χ0) is 27.4. The van der Waals surface area contributed by atoms with E-state index >= 15 is 0 Å². The van der Waals surface area contributed by atoms with E-state index in [1.165, 1.54) is 38.0 Å². The molecule has 40 heavy (non-hydrogen) atoms. The molecule has 0 radical (unpaired) electrons. The molecule has 2 heterocycles. The minimum Gasteiger partial charge on any atom is -0.492 e. The van der Waals surface area contributed by atoms with E-state index in [1.54, 1.807) is 36.4 Å². The second-order valence-electron chi connectivity index (χ2n) is 9.43. The summed E-state index contributed by atoms with van der Waals surface area (Å²) in [6, 6.07) is 19.6. The normalized spacial score (nSPS) is 13.1. The molecule has 1 aromatic heterocycles. The van der Waals surface area contributed by atoms with Crippen molar-refractivity contribution in [3.05, 3.63) is 77.9 Å². The highest BCUT2D eigenvalue weighted by Crippen LogP contribution is 2.41. The van der Waals surface area contributed by atoms with E-state index < -0.39 is 11.9 Å². The molecule has 1 saturated heterocycles. The summed E-state index contributed by atoms with van der Waals surface area (Å²) in [5.74, 6) is 0.644. The van der Waals surface area contributed by atoms with Gasteiger partial charge in [-0.2, -0.15) is 0 Å². The fraction of sp³-hybridized carbons (Fsp3) is 0.258. The monoisotopic (exact) mass is 579 g/mol. The van der Waals surface area contributed by atoms with E-state index in [0.29, 0.717) is 29.2 Å². The Morgan fingerprint density at radius 1 is 0.800 bits per heavy atom. The van der Waals surface area contributed by atoms with Crippen LogP contribution < -0.4 is 14.2 Å². The van der Waals surface area contributed by atoms with Crippen LogP contribution in [0.2, 0.25) is 0 Å². The van der Waals surface area contributed by atoms with Crippen LogP contribution in [0.5, 0.6) is 17.2 Å². The maximum atomic E-state index is 13.9. The van der Waals surface area contributed by atoms with E-state index in [9.17, 15) is 14.4 Å². The van der Waals surface area contributed by atoms with Crippen molar-refractivity contribution in [1.29, 1.82) is 0 Å². The quantitative estimate of drug-likeness (QED) is 0.126. The van der Waals surface area contributed by atoms with Crippen molar-refractivity contribution < 1.29 is 28.6 Å². The predicted octanol–water partition coefficient (Wildman–Crippen LogP) is 6.55. The van der Waals surface area contributed by atoms with Crippen LogP contribution in [0, 0.1) is 0 Å². The van der Waals surface area contributed by atoms with Gasteiger partial charge in [-0.25, -0.2) is 0 Å². The van der Waals surface area contributed by atoms with Gasteiger partial charge < -0.3 is 14.2 Å². The summed E-state index contributed by atoms with van der Waals surface area (Å²) in [7, 11) is 0. The van der Waals surface area contributed by atoms with Gasteiger partial charge in [-0.15, -0.1) is 23.7 Å². The molecule has 1 aliphatic heterocycles. The molecule has 1 fully saturated rings.